The van der Waals surface area contributed by atoms with Gasteiger partial charge >= 0.3 is 0 Å². The monoisotopic (exact) mass is 197 g/mol. The van der Waals surface area contributed by atoms with Gasteiger partial charge in [-0.05, 0) is 13.3 Å². The summed E-state index contributed by atoms with van der Waals surface area (Å²) in [7, 11) is 0. The number of hydrogen-bond acceptors (Lipinski definition) is 4. The fourth-order valence-corrected chi connectivity index (χ4v) is 0.962. The fourth-order valence-electron chi connectivity index (χ4n) is 0.962. The summed E-state index contributed by atoms with van der Waals surface area (Å²) in [5, 5.41) is 2.64. The van der Waals surface area contributed by atoms with Crippen LogP contribution in [0.15, 0.2) is 10.6 Å². The van der Waals surface area contributed by atoms with E-state index in [0.717, 1.165) is 5.76 Å². The second kappa shape index (κ2) is 4.76. The van der Waals surface area contributed by atoms with Gasteiger partial charge in [0.15, 0.2) is 0 Å². The molecule has 5 nitrogen and oxygen atoms in total. The van der Waals surface area contributed by atoms with Gasteiger partial charge in [-0.15, -0.1) is 0 Å². The highest BCUT2D eigenvalue weighted by Crippen LogP contribution is 2.00. The molecule has 3 N–H and O–H groups in total. The Morgan fingerprint density at radius 2 is 2.50 bits per heavy atom. The molecule has 1 heterocycles. The number of aryl methyl sites for hydroxylation is 1. The van der Waals surface area contributed by atoms with Crippen molar-refractivity contribution in [1.82, 2.24) is 10.3 Å². The third-order valence-electron chi connectivity index (χ3n) is 1.86. The highest BCUT2D eigenvalue weighted by atomic mass is 16.4. The molecule has 0 spiro atoms. The molecule has 0 aliphatic rings. The summed E-state index contributed by atoms with van der Waals surface area (Å²) in [6, 6.07) is -0.453. The first-order valence-electron chi connectivity index (χ1n) is 4.58. The summed E-state index contributed by atoms with van der Waals surface area (Å²) in [4.78, 5) is 15.2. The minimum absolute atomic E-state index is 0.177. The van der Waals surface area contributed by atoms with E-state index in [1.54, 1.807) is 13.1 Å². The van der Waals surface area contributed by atoms with E-state index in [1.807, 2.05) is 6.92 Å². The predicted octanol–water partition coefficient (Wildman–Crippen LogP) is 0.337. The number of nitrogens with two attached hydrogens (primary N) is 1. The van der Waals surface area contributed by atoms with E-state index in [0.29, 0.717) is 18.9 Å². The molecule has 0 radical (unpaired) electrons. The van der Waals surface area contributed by atoms with E-state index in [1.165, 1.54) is 0 Å². The van der Waals surface area contributed by atoms with Gasteiger partial charge in [-0.2, -0.15) is 0 Å². The lowest BCUT2D eigenvalue weighted by atomic mass is 10.2. The number of amides is 1. The number of carbonyl (C=O) groups excluding carboxylic acids is 1. The lowest BCUT2D eigenvalue weighted by molar-refractivity contribution is -0.122. The van der Waals surface area contributed by atoms with E-state index in [2.05, 4.69) is 10.3 Å². The quantitative estimate of drug-likeness (QED) is 0.729. The summed E-state index contributed by atoms with van der Waals surface area (Å²) in [6.07, 6.45) is 2.23. The highest BCUT2D eigenvalue weighted by Gasteiger charge is 2.11. The van der Waals surface area contributed by atoms with Crippen LogP contribution in [0.3, 0.4) is 0 Å². The van der Waals surface area contributed by atoms with E-state index in [-0.39, 0.29) is 5.91 Å². The maximum atomic E-state index is 11.2. The molecule has 0 saturated carbocycles. The van der Waals surface area contributed by atoms with Crippen LogP contribution in [0, 0.1) is 6.92 Å². The van der Waals surface area contributed by atoms with Gasteiger partial charge < -0.3 is 15.5 Å². The number of aromatic nitrogens is 1. The first-order chi connectivity index (χ1) is 6.63. The Morgan fingerprint density at radius 1 is 1.79 bits per heavy atom. The zero-order valence-corrected chi connectivity index (χ0v) is 8.41. The molecule has 0 aliphatic heterocycles. The minimum Gasteiger partial charge on any atom is -0.444 e. The van der Waals surface area contributed by atoms with Gasteiger partial charge in [0.05, 0.1) is 18.8 Å². The van der Waals surface area contributed by atoms with E-state index < -0.39 is 6.04 Å². The van der Waals surface area contributed by atoms with Crippen LogP contribution < -0.4 is 11.1 Å². The summed E-state index contributed by atoms with van der Waals surface area (Å²) in [6.45, 7) is 3.95. The third-order valence-corrected chi connectivity index (χ3v) is 1.86. The molecule has 1 aromatic heterocycles. The zero-order chi connectivity index (χ0) is 10.6. The normalized spacial score (nSPS) is 12.5. The van der Waals surface area contributed by atoms with Crippen molar-refractivity contribution in [1.29, 1.82) is 0 Å². The number of carbonyl (C=O) groups is 1. The van der Waals surface area contributed by atoms with Gasteiger partial charge in [0.2, 0.25) is 11.8 Å². The first kappa shape index (κ1) is 10.7. The molecule has 1 amide bonds. The van der Waals surface area contributed by atoms with Gasteiger partial charge in [0.1, 0.15) is 5.76 Å². The molecule has 0 bridgehead atoms. The van der Waals surface area contributed by atoms with Crippen molar-refractivity contribution in [2.24, 2.45) is 5.73 Å². The summed E-state index contributed by atoms with van der Waals surface area (Å²) < 4.78 is 5.18. The molecular weight excluding hydrogens is 182 g/mol. The van der Waals surface area contributed by atoms with Gasteiger partial charge in [0.25, 0.3) is 0 Å². The average molecular weight is 197 g/mol. The molecule has 0 unspecified atom stereocenters. The first-order valence-corrected chi connectivity index (χ1v) is 4.58. The van der Waals surface area contributed by atoms with Gasteiger partial charge in [-0.25, -0.2) is 4.98 Å². The van der Waals surface area contributed by atoms with Crippen LogP contribution in [0.4, 0.5) is 0 Å². The van der Waals surface area contributed by atoms with E-state index >= 15 is 0 Å². The Labute approximate surface area is 82.7 Å². The third kappa shape index (κ3) is 2.85. The number of hydrogen-bond donors (Lipinski definition) is 2. The largest absolute Gasteiger partial charge is 0.444 e. The summed E-state index contributed by atoms with van der Waals surface area (Å²) in [5.74, 6) is 1.05. The van der Waals surface area contributed by atoms with E-state index in [4.69, 9.17) is 10.2 Å². The number of oxazole rings is 1. The minimum atomic E-state index is -0.453. The van der Waals surface area contributed by atoms with Crippen molar-refractivity contribution >= 4 is 5.91 Å². The molecular formula is C9H15N3O2. The second-order valence-electron chi connectivity index (χ2n) is 3.10. The molecule has 0 aliphatic carbocycles. The lowest BCUT2D eigenvalue weighted by Gasteiger charge is -2.07. The van der Waals surface area contributed by atoms with Crippen molar-refractivity contribution < 1.29 is 9.21 Å². The Morgan fingerprint density at radius 3 is 3.00 bits per heavy atom. The van der Waals surface area contributed by atoms with Gasteiger partial charge in [-0.3, -0.25) is 4.79 Å². The number of rotatable bonds is 4. The lowest BCUT2D eigenvalue weighted by Crippen LogP contribution is -2.39. The van der Waals surface area contributed by atoms with E-state index in [9.17, 15) is 4.79 Å². The van der Waals surface area contributed by atoms with Crippen LogP contribution in [0.25, 0.3) is 0 Å². The predicted molar refractivity (Wildman–Crippen MR) is 51.4 cm³/mol. The highest BCUT2D eigenvalue weighted by molar-refractivity contribution is 5.81. The van der Waals surface area contributed by atoms with Crippen molar-refractivity contribution in [3.05, 3.63) is 17.8 Å². The van der Waals surface area contributed by atoms with Crippen LogP contribution in [0.2, 0.25) is 0 Å². The standard InChI is InChI=1S/C9H15N3O2/c1-3-7(10)9(13)12-5-8-11-4-6(2)14-8/h4,7H,3,5,10H2,1-2H3,(H,12,13)/t7-/m1/s1. The maximum Gasteiger partial charge on any atom is 0.237 e. The van der Waals surface area contributed by atoms with Crippen molar-refractivity contribution in [2.75, 3.05) is 0 Å². The number of nitrogens with one attached hydrogen (secondary N) is 1. The van der Waals surface area contributed by atoms with Crippen molar-refractivity contribution in [2.45, 2.75) is 32.9 Å². The molecule has 0 aromatic carbocycles. The molecule has 78 valence electrons. The van der Waals surface area contributed by atoms with Crippen LogP contribution in [-0.2, 0) is 11.3 Å². The fraction of sp³-hybridized carbons (Fsp3) is 0.556. The zero-order valence-electron chi connectivity index (χ0n) is 8.41. The molecule has 5 heteroatoms. The van der Waals surface area contributed by atoms with Gasteiger partial charge in [-0.1, -0.05) is 6.92 Å². The second-order valence-corrected chi connectivity index (χ2v) is 3.10. The van der Waals surface area contributed by atoms with Crippen LogP contribution in [0.5, 0.6) is 0 Å². The van der Waals surface area contributed by atoms with Crippen molar-refractivity contribution in [3.63, 3.8) is 0 Å². The Bertz CT molecular complexity index is 309. The van der Waals surface area contributed by atoms with Crippen molar-refractivity contribution in [3.8, 4) is 0 Å². The molecule has 1 aromatic rings. The number of nitrogens with zero attached hydrogens (tertiary/aromatic N) is 1. The average Bonchev–Trinajstić information content (AvgIpc) is 2.59. The topological polar surface area (TPSA) is 81.2 Å². The molecule has 14 heavy (non-hydrogen) atoms. The smallest absolute Gasteiger partial charge is 0.237 e. The molecule has 0 saturated heterocycles. The molecule has 1 atom stereocenters. The SMILES string of the molecule is CC[C@@H](N)C(=O)NCc1ncc(C)o1. The molecule has 1 rings (SSSR count). The Kier molecular flexibility index (Phi) is 3.64. The molecule has 0 fully saturated rings. The van der Waals surface area contributed by atoms with Gasteiger partial charge in [0, 0.05) is 0 Å². The van der Waals surface area contributed by atoms with Crippen LogP contribution in [-0.4, -0.2) is 16.9 Å². The maximum absolute atomic E-state index is 11.2. The summed E-state index contributed by atoms with van der Waals surface area (Å²) in [5.41, 5.74) is 5.52. The van der Waals surface area contributed by atoms with Crippen LogP contribution >= 0.6 is 0 Å². The summed E-state index contributed by atoms with van der Waals surface area (Å²) >= 11 is 0. The van der Waals surface area contributed by atoms with Crippen LogP contribution in [0.1, 0.15) is 25.0 Å². The Balaban J connectivity index is 2.37. The Hall–Kier alpha value is -1.36.